The third-order valence-corrected chi connectivity index (χ3v) is 3.84. The monoisotopic (exact) mass is 270 g/mol. The van der Waals surface area contributed by atoms with E-state index in [-0.39, 0.29) is 6.42 Å². The van der Waals surface area contributed by atoms with Crippen molar-refractivity contribution in [2.24, 2.45) is 0 Å². The van der Waals surface area contributed by atoms with Crippen LogP contribution in [0.2, 0.25) is 0 Å². The summed E-state index contributed by atoms with van der Waals surface area (Å²) in [5.74, 6) is -0.807. The Balaban J connectivity index is 2.71. The third kappa shape index (κ3) is 4.74. The summed E-state index contributed by atoms with van der Waals surface area (Å²) >= 11 is 1.62. The van der Waals surface area contributed by atoms with Crippen LogP contribution in [-0.4, -0.2) is 34.0 Å². The van der Waals surface area contributed by atoms with Gasteiger partial charge in [0.1, 0.15) is 0 Å². The summed E-state index contributed by atoms with van der Waals surface area (Å²) in [5.41, 5.74) is 0.736. The van der Waals surface area contributed by atoms with Crippen LogP contribution in [0.25, 0.3) is 0 Å². The van der Waals surface area contributed by atoms with Crippen LogP contribution in [0.5, 0.6) is 0 Å². The summed E-state index contributed by atoms with van der Waals surface area (Å²) in [5, 5.41) is 9.84. The molecule has 0 bridgehead atoms. The fourth-order valence-electron chi connectivity index (χ4n) is 1.85. The molecule has 1 rings (SSSR count). The van der Waals surface area contributed by atoms with Crippen LogP contribution >= 0.6 is 11.3 Å². The molecule has 1 heterocycles. The molecule has 0 radical (unpaired) electrons. The SMILES string of the molecule is CCCCN(CC)Cc1sc(C)nc1CC(=O)O. The standard InChI is InChI=1S/C13H22N2O2S/c1-4-6-7-15(5-2)9-12-11(8-13(16)17)14-10(3)18-12/h4-9H2,1-3H3,(H,16,17). The molecule has 0 saturated heterocycles. The van der Waals surface area contributed by atoms with Crippen molar-refractivity contribution in [3.8, 4) is 0 Å². The highest BCUT2D eigenvalue weighted by Gasteiger charge is 2.14. The molecule has 1 aromatic heterocycles. The van der Waals surface area contributed by atoms with Gasteiger partial charge in [0.05, 0.1) is 17.1 Å². The second-order valence-electron chi connectivity index (χ2n) is 4.40. The fourth-order valence-corrected chi connectivity index (χ4v) is 2.85. The van der Waals surface area contributed by atoms with Gasteiger partial charge in [-0.05, 0) is 26.4 Å². The molecule has 18 heavy (non-hydrogen) atoms. The number of nitrogens with zero attached hydrogens (tertiary/aromatic N) is 2. The smallest absolute Gasteiger partial charge is 0.309 e. The maximum absolute atomic E-state index is 10.8. The van der Waals surface area contributed by atoms with Crippen LogP contribution in [0, 0.1) is 6.92 Å². The summed E-state index contributed by atoms with van der Waals surface area (Å²) in [4.78, 5) is 18.6. The molecule has 0 amide bonds. The number of aliphatic carboxylic acids is 1. The van der Waals surface area contributed by atoms with Gasteiger partial charge in [-0.3, -0.25) is 9.69 Å². The van der Waals surface area contributed by atoms with E-state index in [1.165, 1.54) is 12.8 Å². The quantitative estimate of drug-likeness (QED) is 0.789. The number of carboxylic acid groups (broad SMARTS) is 1. The summed E-state index contributed by atoms with van der Waals surface area (Å²) in [6, 6.07) is 0. The van der Waals surface area contributed by atoms with Gasteiger partial charge in [0.15, 0.2) is 0 Å². The normalized spacial score (nSPS) is 11.1. The number of aromatic nitrogens is 1. The predicted octanol–water partition coefficient (Wildman–Crippen LogP) is 2.70. The lowest BCUT2D eigenvalue weighted by Crippen LogP contribution is -2.24. The Hall–Kier alpha value is -0.940. The van der Waals surface area contributed by atoms with Crippen LogP contribution in [0.1, 0.15) is 42.3 Å². The van der Waals surface area contributed by atoms with Gasteiger partial charge in [-0.2, -0.15) is 0 Å². The first kappa shape index (κ1) is 15.1. The number of aryl methyl sites for hydroxylation is 1. The molecule has 0 aliphatic carbocycles. The molecule has 0 fully saturated rings. The zero-order chi connectivity index (χ0) is 13.5. The minimum Gasteiger partial charge on any atom is -0.481 e. The van der Waals surface area contributed by atoms with Crippen molar-refractivity contribution >= 4 is 17.3 Å². The van der Waals surface area contributed by atoms with Crippen molar-refractivity contribution < 1.29 is 9.90 Å². The Morgan fingerprint density at radius 2 is 2.17 bits per heavy atom. The maximum Gasteiger partial charge on any atom is 0.309 e. The molecule has 0 atom stereocenters. The number of hydrogen-bond donors (Lipinski definition) is 1. The first-order valence-electron chi connectivity index (χ1n) is 6.46. The second-order valence-corrected chi connectivity index (χ2v) is 5.68. The second kappa shape index (κ2) is 7.48. The molecular weight excluding hydrogens is 248 g/mol. The van der Waals surface area contributed by atoms with E-state index >= 15 is 0 Å². The van der Waals surface area contributed by atoms with Crippen LogP contribution in [-0.2, 0) is 17.8 Å². The molecule has 1 aromatic rings. The highest BCUT2D eigenvalue weighted by molar-refractivity contribution is 7.11. The lowest BCUT2D eigenvalue weighted by atomic mass is 10.2. The van der Waals surface area contributed by atoms with Crippen LogP contribution < -0.4 is 0 Å². The maximum atomic E-state index is 10.8. The van der Waals surface area contributed by atoms with Gasteiger partial charge in [-0.25, -0.2) is 4.98 Å². The number of hydrogen-bond acceptors (Lipinski definition) is 4. The number of unbranched alkanes of at least 4 members (excludes halogenated alkanes) is 1. The average molecular weight is 270 g/mol. The highest BCUT2D eigenvalue weighted by Crippen LogP contribution is 2.20. The Labute approximate surface area is 113 Å². The highest BCUT2D eigenvalue weighted by atomic mass is 32.1. The number of carboxylic acids is 1. The summed E-state index contributed by atoms with van der Waals surface area (Å²) in [6.45, 7) is 9.13. The predicted molar refractivity (Wildman–Crippen MR) is 74.0 cm³/mol. The molecule has 4 nitrogen and oxygen atoms in total. The number of carbonyl (C=O) groups is 1. The average Bonchev–Trinajstić information content (AvgIpc) is 2.63. The van der Waals surface area contributed by atoms with Gasteiger partial charge < -0.3 is 5.11 Å². The van der Waals surface area contributed by atoms with E-state index in [9.17, 15) is 4.79 Å². The first-order valence-corrected chi connectivity index (χ1v) is 7.27. The Bertz CT molecular complexity index is 390. The molecule has 1 N–H and O–H groups in total. The lowest BCUT2D eigenvalue weighted by molar-refractivity contribution is -0.136. The summed E-state index contributed by atoms with van der Waals surface area (Å²) in [7, 11) is 0. The minimum atomic E-state index is -0.807. The lowest BCUT2D eigenvalue weighted by Gasteiger charge is -2.19. The molecule has 5 heteroatoms. The fraction of sp³-hybridized carbons (Fsp3) is 0.692. The van der Waals surface area contributed by atoms with Crippen molar-refractivity contribution in [3.05, 3.63) is 15.6 Å². The Morgan fingerprint density at radius 3 is 2.72 bits per heavy atom. The first-order chi connectivity index (χ1) is 8.56. The Kier molecular flexibility index (Phi) is 6.29. The molecule has 0 spiro atoms. The van der Waals surface area contributed by atoms with Gasteiger partial charge in [-0.1, -0.05) is 20.3 Å². The van der Waals surface area contributed by atoms with Gasteiger partial charge in [0, 0.05) is 11.4 Å². The molecular formula is C13H22N2O2S. The minimum absolute atomic E-state index is 0.0327. The van der Waals surface area contributed by atoms with Crippen LogP contribution in [0.15, 0.2) is 0 Å². The molecule has 0 aliphatic rings. The molecule has 0 unspecified atom stereocenters. The number of thiazole rings is 1. The van der Waals surface area contributed by atoms with E-state index < -0.39 is 5.97 Å². The van der Waals surface area contributed by atoms with Gasteiger partial charge in [-0.15, -0.1) is 11.3 Å². The van der Waals surface area contributed by atoms with Gasteiger partial charge in [0.2, 0.25) is 0 Å². The molecule has 0 aliphatic heterocycles. The number of rotatable bonds is 8. The molecule has 0 saturated carbocycles. The van der Waals surface area contributed by atoms with Crippen molar-refractivity contribution in [1.29, 1.82) is 0 Å². The third-order valence-electron chi connectivity index (χ3n) is 2.85. The van der Waals surface area contributed by atoms with E-state index in [1.807, 2.05) is 6.92 Å². The van der Waals surface area contributed by atoms with Crippen LogP contribution in [0.3, 0.4) is 0 Å². The van der Waals surface area contributed by atoms with Crippen molar-refractivity contribution in [3.63, 3.8) is 0 Å². The van der Waals surface area contributed by atoms with Crippen LogP contribution in [0.4, 0.5) is 0 Å². The van der Waals surface area contributed by atoms with Crippen molar-refractivity contribution in [2.45, 2.75) is 46.6 Å². The van der Waals surface area contributed by atoms with E-state index in [2.05, 4.69) is 23.7 Å². The topological polar surface area (TPSA) is 53.4 Å². The Morgan fingerprint density at radius 1 is 1.44 bits per heavy atom. The largest absolute Gasteiger partial charge is 0.481 e. The van der Waals surface area contributed by atoms with E-state index in [0.29, 0.717) is 0 Å². The van der Waals surface area contributed by atoms with Gasteiger partial charge in [0.25, 0.3) is 0 Å². The van der Waals surface area contributed by atoms with E-state index in [1.54, 1.807) is 11.3 Å². The van der Waals surface area contributed by atoms with E-state index in [4.69, 9.17) is 5.11 Å². The summed E-state index contributed by atoms with van der Waals surface area (Å²) < 4.78 is 0. The van der Waals surface area contributed by atoms with E-state index in [0.717, 1.165) is 35.2 Å². The summed E-state index contributed by atoms with van der Waals surface area (Å²) in [6.07, 6.45) is 2.39. The van der Waals surface area contributed by atoms with Gasteiger partial charge >= 0.3 is 5.97 Å². The van der Waals surface area contributed by atoms with Crippen molar-refractivity contribution in [2.75, 3.05) is 13.1 Å². The van der Waals surface area contributed by atoms with Crippen molar-refractivity contribution in [1.82, 2.24) is 9.88 Å². The molecule has 0 aromatic carbocycles. The zero-order valence-corrected chi connectivity index (χ0v) is 12.2. The zero-order valence-electron chi connectivity index (χ0n) is 11.4. The molecule has 102 valence electrons.